The van der Waals surface area contributed by atoms with E-state index in [0.717, 1.165) is 5.69 Å². The highest BCUT2D eigenvalue weighted by Crippen LogP contribution is 2.46. The maximum absolute atomic E-state index is 5.01. The summed E-state index contributed by atoms with van der Waals surface area (Å²) in [6, 6.07) is 29.4. The van der Waals surface area contributed by atoms with Gasteiger partial charge in [0, 0.05) is 22.0 Å². The van der Waals surface area contributed by atoms with Crippen molar-refractivity contribution >= 4 is 45.5 Å². The minimum atomic E-state index is -1.39. The first-order chi connectivity index (χ1) is 18.6. The van der Waals surface area contributed by atoms with E-state index in [2.05, 4.69) is 122 Å². The van der Waals surface area contributed by atoms with E-state index in [1.165, 1.54) is 66.1 Å². The van der Waals surface area contributed by atoms with Gasteiger partial charge in [-0.3, -0.25) is 4.98 Å². The first-order valence-electron chi connectivity index (χ1n) is 14.7. The van der Waals surface area contributed by atoms with Crippen molar-refractivity contribution in [1.29, 1.82) is 0 Å². The van der Waals surface area contributed by atoms with Gasteiger partial charge in [0.15, 0.2) is 0 Å². The third kappa shape index (κ3) is 4.89. The van der Waals surface area contributed by atoms with E-state index in [1.54, 1.807) is 5.19 Å². The SMILES string of the molecule is CC[Si](CC)(CC)c1ccc(-c2sc3c(-c4cc(C(C)(C)C)c5ccccc5c4)nccc3c2C(C)C)cc1. The third-order valence-electron chi connectivity index (χ3n) is 8.95. The monoisotopic (exact) mass is 549 g/mol. The summed E-state index contributed by atoms with van der Waals surface area (Å²) in [5.74, 6) is 0.431. The molecule has 1 nitrogen and oxygen atoms in total. The number of benzene rings is 3. The van der Waals surface area contributed by atoms with Crippen LogP contribution in [0.25, 0.3) is 42.6 Å². The Labute approximate surface area is 240 Å². The Bertz CT molecular complexity index is 1610. The molecule has 3 aromatic carbocycles. The number of fused-ring (bicyclic) bond motifs is 2. The van der Waals surface area contributed by atoms with Crippen molar-refractivity contribution in [3.05, 3.63) is 84.1 Å². The van der Waals surface area contributed by atoms with Gasteiger partial charge in [-0.1, -0.05) is 127 Å². The molecule has 5 aromatic rings. The highest BCUT2D eigenvalue weighted by atomic mass is 32.1. The zero-order valence-corrected chi connectivity index (χ0v) is 26.8. The molecule has 0 amide bonds. The Morgan fingerprint density at radius 3 is 2.08 bits per heavy atom. The fourth-order valence-electron chi connectivity index (χ4n) is 6.44. The van der Waals surface area contributed by atoms with Crippen LogP contribution in [0.1, 0.15) is 72.4 Å². The molecule has 2 aromatic heterocycles. The average molecular weight is 550 g/mol. The summed E-state index contributed by atoms with van der Waals surface area (Å²) in [5, 5.41) is 5.58. The highest BCUT2D eigenvalue weighted by molar-refractivity contribution is 7.23. The predicted molar refractivity (Wildman–Crippen MR) is 178 cm³/mol. The molecule has 5 rings (SSSR count). The summed E-state index contributed by atoms with van der Waals surface area (Å²) in [6.07, 6.45) is 2.01. The minimum absolute atomic E-state index is 0.0446. The standard InChI is InChI=1S/C36H43NSSi/c1-9-39(10-2,11-3)28-18-16-25(17-19-28)34-32(24(4)5)30-20-21-37-33(35(30)38-34)27-22-26-14-12-13-15-29(26)31(23-27)36(6,7)8/h12-24H,9-11H2,1-8H3. The number of pyridine rings is 1. The lowest BCUT2D eigenvalue weighted by atomic mass is 9.82. The summed E-state index contributed by atoms with van der Waals surface area (Å²) >= 11 is 1.92. The van der Waals surface area contributed by atoms with Crippen LogP contribution in [0.3, 0.4) is 0 Å². The molecular weight excluding hydrogens is 507 g/mol. The zero-order chi connectivity index (χ0) is 27.9. The van der Waals surface area contributed by atoms with Gasteiger partial charge in [-0.25, -0.2) is 0 Å². The van der Waals surface area contributed by atoms with Crippen LogP contribution < -0.4 is 5.19 Å². The van der Waals surface area contributed by atoms with Gasteiger partial charge in [0.2, 0.25) is 0 Å². The summed E-state index contributed by atoms with van der Waals surface area (Å²) in [5.41, 5.74) is 6.53. The van der Waals surface area contributed by atoms with Crippen LogP contribution in [-0.4, -0.2) is 13.1 Å². The Balaban J connectivity index is 1.71. The lowest BCUT2D eigenvalue weighted by Gasteiger charge is -2.28. The lowest BCUT2D eigenvalue weighted by molar-refractivity contribution is 0.596. The number of aromatic nitrogens is 1. The van der Waals surface area contributed by atoms with Gasteiger partial charge in [0.25, 0.3) is 0 Å². The van der Waals surface area contributed by atoms with Gasteiger partial charge in [-0.05, 0) is 57.0 Å². The number of rotatable bonds is 7. The molecule has 0 saturated heterocycles. The first-order valence-corrected chi connectivity index (χ1v) is 18.1. The van der Waals surface area contributed by atoms with Crippen LogP contribution in [0.15, 0.2) is 72.9 Å². The Morgan fingerprint density at radius 2 is 1.46 bits per heavy atom. The molecule has 0 unspecified atom stereocenters. The van der Waals surface area contributed by atoms with Gasteiger partial charge in [-0.15, -0.1) is 11.3 Å². The van der Waals surface area contributed by atoms with Crippen LogP contribution in [0.4, 0.5) is 0 Å². The molecule has 0 saturated carbocycles. The molecule has 0 aliphatic rings. The quantitative estimate of drug-likeness (QED) is 0.184. The molecule has 0 atom stereocenters. The highest BCUT2D eigenvalue weighted by Gasteiger charge is 2.29. The van der Waals surface area contributed by atoms with E-state index in [0.29, 0.717) is 5.92 Å². The van der Waals surface area contributed by atoms with Crippen molar-refractivity contribution in [3.63, 3.8) is 0 Å². The molecule has 0 spiro atoms. The van der Waals surface area contributed by atoms with E-state index in [1.807, 2.05) is 17.5 Å². The average Bonchev–Trinajstić information content (AvgIpc) is 3.34. The van der Waals surface area contributed by atoms with Crippen LogP contribution >= 0.6 is 11.3 Å². The second kappa shape index (κ2) is 10.7. The fourth-order valence-corrected chi connectivity index (χ4v) is 11.5. The normalized spacial score (nSPS) is 12.6. The van der Waals surface area contributed by atoms with E-state index in [4.69, 9.17) is 4.98 Å². The van der Waals surface area contributed by atoms with E-state index in [-0.39, 0.29) is 5.41 Å². The van der Waals surface area contributed by atoms with Crippen molar-refractivity contribution in [2.75, 3.05) is 0 Å². The van der Waals surface area contributed by atoms with Crippen molar-refractivity contribution in [2.45, 2.75) is 84.9 Å². The van der Waals surface area contributed by atoms with Crippen LogP contribution in [0.2, 0.25) is 18.1 Å². The molecule has 0 bridgehead atoms. The molecule has 0 fully saturated rings. The van der Waals surface area contributed by atoms with Crippen molar-refractivity contribution in [3.8, 4) is 21.7 Å². The molecule has 0 radical (unpaired) electrons. The largest absolute Gasteiger partial charge is 0.255 e. The minimum Gasteiger partial charge on any atom is -0.255 e. The molecule has 0 aliphatic heterocycles. The molecule has 39 heavy (non-hydrogen) atoms. The molecular formula is C36H43NSSi. The maximum atomic E-state index is 5.01. The molecule has 3 heteroatoms. The Hall–Kier alpha value is -2.75. The number of hydrogen-bond acceptors (Lipinski definition) is 2. The smallest absolute Gasteiger partial charge is 0.0880 e. The molecule has 0 N–H and O–H groups in total. The van der Waals surface area contributed by atoms with Crippen molar-refractivity contribution < 1.29 is 0 Å². The van der Waals surface area contributed by atoms with Gasteiger partial charge >= 0.3 is 0 Å². The van der Waals surface area contributed by atoms with E-state index >= 15 is 0 Å². The zero-order valence-electron chi connectivity index (χ0n) is 25.0. The Kier molecular flexibility index (Phi) is 7.61. The summed E-state index contributed by atoms with van der Waals surface area (Å²) in [4.78, 5) is 6.41. The van der Waals surface area contributed by atoms with Gasteiger partial charge < -0.3 is 0 Å². The second-order valence-corrected chi connectivity index (χ2v) is 18.7. The van der Waals surface area contributed by atoms with Gasteiger partial charge in [-0.2, -0.15) is 0 Å². The van der Waals surface area contributed by atoms with Crippen LogP contribution in [0.5, 0.6) is 0 Å². The van der Waals surface area contributed by atoms with Gasteiger partial charge in [0.05, 0.1) is 18.5 Å². The second-order valence-electron chi connectivity index (χ2n) is 12.4. The molecule has 2 heterocycles. The van der Waals surface area contributed by atoms with E-state index < -0.39 is 8.07 Å². The van der Waals surface area contributed by atoms with Crippen LogP contribution in [-0.2, 0) is 5.41 Å². The first kappa shape index (κ1) is 27.8. The van der Waals surface area contributed by atoms with E-state index in [9.17, 15) is 0 Å². The topological polar surface area (TPSA) is 12.9 Å². The molecule has 0 aliphatic carbocycles. The third-order valence-corrected chi connectivity index (χ3v) is 15.8. The van der Waals surface area contributed by atoms with Crippen molar-refractivity contribution in [2.24, 2.45) is 0 Å². The maximum Gasteiger partial charge on any atom is 0.0880 e. The lowest BCUT2D eigenvalue weighted by Crippen LogP contribution is -2.45. The Morgan fingerprint density at radius 1 is 0.795 bits per heavy atom. The summed E-state index contributed by atoms with van der Waals surface area (Å²) in [6.45, 7) is 18.8. The van der Waals surface area contributed by atoms with Gasteiger partial charge in [0.1, 0.15) is 0 Å². The number of nitrogens with zero attached hydrogens (tertiary/aromatic N) is 1. The number of hydrogen-bond donors (Lipinski definition) is 0. The molecule has 202 valence electrons. The summed E-state index contributed by atoms with van der Waals surface area (Å²) < 4.78 is 1.30. The van der Waals surface area contributed by atoms with Crippen molar-refractivity contribution in [1.82, 2.24) is 4.98 Å². The number of thiophene rings is 1. The van der Waals surface area contributed by atoms with Crippen LogP contribution in [0, 0.1) is 0 Å². The fraction of sp³-hybridized carbons (Fsp3) is 0.361. The summed E-state index contributed by atoms with van der Waals surface area (Å²) in [7, 11) is -1.39. The predicted octanol–water partition coefficient (Wildman–Crippen LogP) is 10.9.